The van der Waals surface area contributed by atoms with Gasteiger partial charge in [0.1, 0.15) is 11.6 Å². The molecule has 0 bridgehead atoms. The Morgan fingerprint density at radius 2 is 2.06 bits per heavy atom. The van der Waals surface area contributed by atoms with Crippen LogP contribution in [0.4, 0.5) is 4.39 Å². The Hall–Kier alpha value is -3.12. The molecule has 0 aromatic heterocycles. The molecule has 0 heterocycles. The monoisotopic (exact) mass is 443 g/mol. The fraction of sp³-hybridized carbons (Fsp3) is 0.250. The number of halogens is 2. The number of hydrazone groups is 1. The summed E-state index contributed by atoms with van der Waals surface area (Å²) < 4.78 is 19.8. The van der Waals surface area contributed by atoms with Gasteiger partial charge in [0.05, 0.1) is 13.2 Å². The van der Waals surface area contributed by atoms with Crippen LogP contribution in [0.2, 0.25) is 5.02 Å². The maximum atomic E-state index is 13.9. The molecular weight excluding hydrogens is 417 g/mol. The Kier molecular flexibility index (Phi) is 9.28. The summed E-state index contributed by atoms with van der Waals surface area (Å²) in [5, 5.41) is 7.49. The van der Waals surface area contributed by atoms with Crippen LogP contribution in [0.25, 0.3) is 6.08 Å². The van der Waals surface area contributed by atoms with E-state index >= 15 is 0 Å². The molecule has 2 rings (SSSR count). The molecule has 0 aliphatic heterocycles. The highest BCUT2D eigenvalue weighted by molar-refractivity contribution is 6.30. The third-order valence-corrected chi connectivity index (χ3v) is 4.35. The number of hydrogen-bond donors (Lipinski definition) is 2. The lowest BCUT2D eigenvalue weighted by molar-refractivity contribution is 0.0976. The fourth-order valence-electron chi connectivity index (χ4n) is 2.58. The van der Waals surface area contributed by atoms with Crippen molar-refractivity contribution in [2.45, 2.75) is 27.3 Å². The van der Waals surface area contributed by atoms with E-state index in [1.165, 1.54) is 18.2 Å². The molecule has 0 saturated carbocycles. The normalized spacial score (nSPS) is 11.6. The van der Waals surface area contributed by atoms with Gasteiger partial charge in [-0.1, -0.05) is 50.2 Å². The SMILES string of the molecule is C=Cc1ccc(C(=O)NC(/C=C/C)=N/NCc2cc(Cl)ccc2OCC(C)C)cc1F. The number of allylic oxidation sites excluding steroid dienone is 1. The number of amidine groups is 1. The first-order chi connectivity index (χ1) is 14.8. The third-order valence-electron chi connectivity index (χ3n) is 4.11. The average Bonchev–Trinajstić information content (AvgIpc) is 2.73. The van der Waals surface area contributed by atoms with Gasteiger partial charge in [0, 0.05) is 21.7 Å². The van der Waals surface area contributed by atoms with Crippen LogP contribution in [0.15, 0.2) is 60.2 Å². The number of carbonyl (C=O) groups is 1. The smallest absolute Gasteiger partial charge is 0.256 e. The summed E-state index contributed by atoms with van der Waals surface area (Å²) in [7, 11) is 0. The van der Waals surface area contributed by atoms with Crippen molar-refractivity contribution in [2.75, 3.05) is 6.61 Å². The maximum absolute atomic E-state index is 13.9. The Morgan fingerprint density at radius 3 is 2.71 bits per heavy atom. The summed E-state index contributed by atoms with van der Waals surface area (Å²) in [5.41, 5.74) is 4.27. The average molecular weight is 444 g/mol. The highest BCUT2D eigenvalue weighted by atomic mass is 35.5. The first-order valence-corrected chi connectivity index (χ1v) is 10.3. The summed E-state index contributed by atoms with van der Waals surface area (Å²) in [6, 6.07) is 9.59. The Balaban J connectivity index is 2.10. The van der Waals surface area contributed by atoms with Crippen LogP contribution in [0.5, 0.6) is 5.75 Å². The first-order valence-electron chi connectivity index (χ1n) is 9.91. The number of ether oxygens (including phenoxy) is 1. The lowest BCUT2D eigenvalue weighted by atomic mass is 10.1. The number of nitrogens with one attached hydrogen (secondary N) is 2. The van der Waals surface area contributed by atoms with Gasteiger partial charge in [0.15, 0.2) is 5.84 Å². The highest BCUT2D eigenvalue weighted by Crippen LogP contribution is 2.23. The van der Waals surface area contributed by atoms with Gasteiger partial charge in [0.2, 0.25) is 0 Å². The van der Waals surface area contributed by atoms with Gasteiger partial charge < -0.3 is 15.5 Å². The van der Waals surface area contributed by atoms with Crippen molar-refractivity contribution in [3.8, 4) is 5.75 Å². The van der Waals surface area contributed by atoms with Gasteiger partial charge in [-0.2, -0.15) is 5.10 Å². The Labute approximate surface area is 187 Å². The molecule has 0 radical (unpaired) electrons. The highest BCUT2D eigenvalue weighted by Gasteiger charge is 2.11. The molecule has 5 nitrogen and oxygen atoms in total. The van der Waals surface area contributed by atoms with E-state index in [-0.39, 0.29) is 11.4 Å². The molecule has 7 heteroatoms. The molecule has 0 spiro atoms. The maximum Gasteiger partial charge on any atom is 0.256 e. The predicted octanol–water partition coefficient (Wildman–Crippen LogP) is 5.57. The van der Waals surface area contributed by atoms with E-state index < -0.39 is 11.7 Å². The van der Waals surface area contributed by atoms with Gasteiger partial charge in [-0.15, -0.1) is 0 Å². The molecule has 2 aromatic rings. The van der Waals surface area contributed by atoms with E-state index in [9.17, 15) is 9.18 Å². The molecule has 1 amide bonds. The van der Waals surface area contributed by atoms with Crippen LogP contribution in [-0.4, -0.2) is 18.3 Å². The summed E-state index contributed by atoms with van der Waals surface area (Å²) in [6.07, 6.45) is 4.76. The van der Waals surface area contributed by atoms with Crippen LogP contribution in [0, 0.1) is 11.7 Å². The fourth-order valence-corrected chi connectivity index (χ4v) is 2.78. The lowest BCUT2D eigenvalue weighted by Crippen LogP contribution is -2.31. The van der Waals surface area contributed by atoms with Gasteiger partial charge in [-0.3, -0.25) is 4.79 Å². The number of hydrogen-bond acceptors (Lipinski definition) is 4. The summed E-state index contributed by atoms with van der Waals surface area (Å²) in [5.74, 6) is 0.399. The van der Waals surface area contributed by atoms with Crippen molar-refractivity contribution in [3.63, 3.8) is 0 Å². The molecule has 0 saturated heterocycles. The third kappa shape index (κ3) is 7.57. The molecular formula is C24H27ClFN3O2. The summed E-state index contributed by atoms with van der Waals surface area (Å²) in [6.45, 7) is 10.4. The van der Waals surface area contributed by atoms with E-state index in [0.29, 0.717) is 29.7 Å². The van der Waals surface area contributed by atoms with Crippen molar-refractivity contribution < 1.29 is 13.9 Å². The molecule has 0 unspecified atom stereocenters. The van der Waals surface area contributed by atoms with E-state index in [1.807, 2.05) is 6.07 Å². The standard InChI is InChI=1S/C24H27ClFN3O2/c1-5-7-23(28-24(30)18-9-8-17(6-2)21(26)13-18)29-27-14-19-12-20(25)10-11-22(19)31-15-16(3)4/h5-13,16,27H,2,14-15H2,1,3-4H3,(H,28,29,30)/b7-5+. The molecule has 2 N–H and O–H groups in total. The molecule has 31 heavy (non-hydrogen) atoms. The zero-order valence-corrected chi connectivity index (χ0v) is 18.7. The summed E-state index contributed by atoms with van der Waals surface area (Å²) in [4.78, 5) is 12.5. The number of carbonyl (C=O) groups excluding carboxylic acids is 1. The van der Waals surface area contributed by atoms with Crippen LogP contribution in [0.3, 0.4) is 0 Å². The minimum atomic E-state index is -0.514. The Bertz CT molecular complexity index is 987. The molecule has 0 aliphatic carbocycles. The Morgan fingerprint density at radius 1 is 1.29 bits per heavy atom. The van der Waals surface area contributed by atoms with Crippen LogP contribution in [0.1, 0.15) is 42.3 Å². The molecule has 2 aromatic carbocycles. The molecule has 0 aliphatic rings. The van der Waals surface area contributed by atoms with Crippen LogP contribution in [-0.2, 0) is 6.54 Å². The minimum Gasteiger partial charge on any atom is -0.493 e. The van der Waals surface area contributed by atoms with Crippen LogP contribution >= 0.6 is 11.6 Å². The largest absolute Gasteiger partial charge is 0.493 e. The van der Waals surface area contributed by atoms with Crippen molar-refractivity contribution in [2.24, 2.45) is 11.0 Å². The summed E-state index contributed by atoms with van der Waals surface area (Å²) >= 11 is 6.12. The van der Waals surface area contributed by atoms with Gasteiger partial charge in [0.25, 0.3) is 5.91 Å². The van der Waals surface area contributed by atoms with Crippen molar-refractivity contribution in [1.29, 1.82) is 0 Å². The first kappa shape index (κ1) is 24.2. The number of amides is 1. The van der Waals surface area contributed by atoms with Gasteiger partial charge >= 0.3 is 0 Å². The van der Waals surface area contributed by atoms with Gasteiger partial charge in [-0.05, 0) is 49.2 Å². The topological polar surface area (TPSA) is 62.7 Å². The lowest BCUT2D eigenvalue weighted by Gasteiger charge is -2.14. The predicted molar refractivity (Wildman–Crippen MR) is 125 cm³/mol. The van der Waals surface area contributed by atoms with E-state index in [4.69, 9.17) is 16.3 Å². The number of benzene rings is 2. The van der Waals surface area contributed by atoms with Crippen molar-refractivity contribution in [1.82, 2.24) is 10.7 Å². The molecule has 0 fully saturated rings. The number of nitrogens with zero attached hydrogens (tertiary/aromatic N) is 1. The van der Waals surface area contributed by atoms with E-state index in [1.54, 1.807) is 31.2 Å². The second-order valence-corrected chi connectivity index (χ2v) is 7.62. The molecule has 164 valence electrons. The van der Waals surface area contributed by atoms with E-state index in [2.05, 4.69) is 36.3 Å². The van der Waals surface area contributed by atoms with Crippen molar-refractivity contribution >= 4 is 29.4 Å². The second-order valence-electron chi connectivity index (χ2n) is 7.18. The zero-order chi connectivity index (χ0) is 22.8. The number of rotatable bonds is 9. The second kappa shape index (κ2) is 11.9. The quantitative estimate of drug-likeness (QED) is 0.302. The van der Waals surface area contributed by atoms with E-state index in [0.717, 1.165) is 17.4 Å². The van der Waals surface area contributed by atoms with Gasteiger partial charge in [-0.25, -0.2) is 4.39 Å². The molecule has 0 atom stereocenters. The van der Waals surface area contributed by atoms with Crippen LogP contribution < -0.4 is 15.5 Å². The minimum absolute atomic E-state index is 0.180. The zero-order valence-electron chi connectivity index (χ0n) is 17.9. The van der Waals surface area contributed by atoms with Crippen molar-refractivity contribution in [3.05, 3.63) is 82.7 Å².